The van der Waals surface area contributed by atoms with Crippen LogP contribution in [0.3, 0.4) is 0 Å². The van der Waals surface area contributed by atoms with Gasteiger partial charge in [0.05, 0.1) is 5.69 Å². The molecule has 0 aliphatic heterocycles. The smallest absolute Gasteiger partial charge is 0.127 e. The van der Waals surface area contributed by atoms with E-state index in [1.807, 2.05) is 13.0 Å². The molecular weight excluding hydrogens is 271 g/mol. The molecule has 0 spiro atoms. The van der Waals surface area contributed by atoms with Crippen molar-refractivity contribution in [3.63, 3.8) is 0 Å². The van der Waals surface area contributed by atoms with Crippen LogP contribution in [-0.4, -0.2) is 9.97 Å². The van der Waals surface area contributed by atoms with Crippen LogP contribution in [0.4, 0.5) is 4.39 Å². The van der Waals surface area contributed by atoms with E-state index in [0.717, 1.165) is 16.8 Å². The van der Waals surface area contributed by atoms with Gasteiger partial charge in [0, 0.05) is 5.56 Å². The lowest BCUT2D eigenvalue weighted by atomic mass is 10.1. The van der Waals surface area contributed by atoms with Crippen LogP contribution in [0.2, 0.25) is 0 Å². The summed E-state index contributed by atoms with van der Waals surface area (Å²) in [6, 6.07) is 6.65. The van der Waals surface area contributed by atoms with E-state index in [2.05, 4.69) is 25.9 Å². The first-order valence-corrected chi connectivity index (χ1v) is 5.62. The Morgan fingerprint density at radius 1 is 1.06 bits per heavy atom. The predicted molar refractivity (Wildman–Crippen MR) is 64.6 cm³/mol. The van der Waals surface area contributed by atoms with Crippen molar-refractivity contribution >= 4 is 15.9 Å². The van der Waals surface area contributed by atoms with Crippen molar-refractivity contribution < 1.29 is 4.39 Å². The zero-order valence-corrected chi connectivity index (χ0v) is 10.5. The van der Waals surface area contributed by atoms with Crippen molar-refractivity contribution in [1.82, 2.24) is 9.97 Å². The molecule has 0 unspecified atom stereocenters. The lowest BCUT2D eigenvalue weighted by Gasteiger charge is -2.04. The van der Waals surface area contributed by atoms with E-state index in [1.54, 1.807) is 13.0 Å². The Kier molecular flexibility index (Phi) is 3.01. The number of nitrogens with zero attached hydrogens (tertiary/aromatic N) is 2. The van der Waals surface area contributed by atoms with Crippen molar-refractivity contribution in [2.75, 3.05) is 0 Å². The summed E-state index contributed by atoms with van der Waals surface area (Å²) in [4.78, 5) is 8.40. The quantitative estimate of drug-likeness (QED) is 0.745. The molecule has 1 aromatic carbocycles. The third-order valence-electron chi connectivity index (χ3n) is 2.14. The van der Waals surface area contributed by atoms with E-state index >= 15 is 0 Å². The molecule has 82 valence electrons. The molecule has 0 amide bonds. The predicted octanol–water partition coefficient (Wildman–Crippen LogP) is 3.66. The van der Waals surface area contributed by atoms with Gasteiger partial charge in [-0.2, -0.15) is 0 Å². The maximum atomic E-state index is 13.3. The van der Waals surface area contributed by atoms with Gasteiger partial charge in [0.25, 0.3) is 0 Å². The standard InChI is InChI=1S/C12H10BrFN2/c1-7-3-9(5-10(14)4-7)11-6-12(13)16-8(2)15-11/h3-6H,1-2H3. The molecule has 16 heavy (non-hydrogen) atoms. The molecule has 1 heterocycles. The van der Waals surface area contributed by atoms with Gasteiger partial charge >= 0.3 is 0 Å². The van der Waals surface area contributed by atoms with Gasteiger partial charge in [-0.25, -0.2) is 14.4 Å². The topological polar surface area (TPSA) is 25.8 Å². The van der Waals surface area contributed by atoms with E-state index in [4.69, 9.17) is 0 Å². The maximum Gasteiger partial charge on any atom is 0.127 e. The second kappa shape index (κ2) is 4.29. The van der Waals surface area contributed by atoms with Crippen molar-refractivity contribution in [3.8, 4) is 11.3 Å². The Bertz CT molecular complexity index is 451. The monoisotopic (exact) mass is 280 g/mol. The van der Waals surface area contributed by atoms with Crippen LogP contribution in [0.15, 0.2) is 28.9 Å². The number of hydrogen-bond donors (Lipinski definition) is 0. The van der Waals surface area contributed by atoms with Gasteiger partial charge in [0.15, 0.2) is 0 Å². The van der Waals surface area contributed by atoms with Crippen LogP contribution in [-0.2, 0) is 0 Å². The van der Waals surface area contributed by atoms with E-state index in [9.17, 15) is 4.39 Å². The number of aryl methyl sites for hydroxylation is 2. The molecule has 0 N–H and O–H groups in total. The lowest BCUT2D eigenvalue weighted by Crippen LogP contribution is -1.92. The summed E-state index contributed by atoms with van der Waals surface area (Å²) in [5, 5.41) is 0. The van der Waals surface area contributed by atoms with Gasteiger partial charge in [-0.1, -0.05) is 0 Å². The minimum atomic E-state index is -0.248. The second-order valence-electron chi connectivity index (χ2n) is 3.64. The minimum Gasteiger partial charge on any atom is -0.233 e. The molecular formula is C12H10BrFN2. The molecule has 4 heteroatoms. The molecule has 2 aromatic rings. The van der Waals surface area contributed by atoms with E-state index in [0.29, 0.717) is 10.4 Å². The highest BCUT2D eigenvalue weighted by Gasteiger charge is 2.05. The summed E-state index contributed by atoms with van der Waals surface area (Å²) < 4.78 is 14.0. The molecule has 2 rings (SSSR count). The van der Waals surface area contributed by atoms with Gasteiger partial charge < -0.3 is 0 Å². The molecule has 0 atom stereocenters. The van der Waals surface area contributed by atoms with Crippen LogP contribution >= 0.6 is 15.9 Å². The molecule has 0 fully saturated rings. The lowest BCUT2D eigenvalue weighted by molar-refractivity contribution is 0.627. The fourth-order valence-corrected chi connectivity index (χ4v) is 2.04. The van der Waals surface area contributed by atoms with Crippen LogP contribution in [0, 0.1) is 19.7 Å². The van der Waals surface area contributed by atoms with Crippen LogP contribution in [0.1, 0.15) is 11.4 Å². The summed E-state index contributed by atoms with van der Waals surface area (Å²) in [7, 11) is 0. The SMILES string of the molecule is Cc1cc(F)cc(-c2cc(Br)nc(C)n2)c1. The van der Waals surface area contributed by atoms with Crippen LogP contribution in [0.25, 0.3) is 11.3 Å². The van der Waals surface area contributed by atoms with E-state index in [-0.39, 0.29) is 5.82 Å². The van der Waals surface area contributed by atoms with E-state index < -0.39 is 0 Å². The molecule has 0 saturated heterocycles. The maximum absolute atomic E-state index is 13.3. The Balaban J connectivity index is 2.57. The van der Waals surface area contributed by atoms with Crippen molar-refractivity contribution in [2.24, 2.45) is 0 Å². The fraction of sp³-hybridized carbons (Fsp3) is 0.167. The third-order valence-corrected chi connectivity index (χ3v) is 2.55. The highest BCUT2D eigenvalue weighted by atomic mass is 79.9. The largest absolute Gasteiger partial charge is 0.233 e. The van der Waals surface area contributed by atoms with Gasteiger partial charge in [-0.05, 0) is 59.6 Å². The third kappa shape index (κ3) is 2.44. The average Bonchev–Trinajstić information content (AvgIpc) is 2.14. The molecule has 0 aliphatic rings. The summed E-state index contributed by atoms with van der Waals surface area (Å²) in [6.07, 6.45) is 0. The summed E-state index contributed by atoms with van der Waals surface area (Å²) in [6.45, 7) is 3.66. The Hall–Kier alpha value is -1.29. The van der Waals surface area contributed by atoms with Crippen molar-refractivity contribution in [3.05, 3.63) is 46.1 Å². The zero-order valence-electron chi connectivity index (χ0n) is 8.96. The Labute approximate surface area is 102 Å². The van der Waals surface area contributed by atoms with Gasteiger partial charge in [0.1, 0.15) is 16.2 Å². The average molecular weight is 281 g/mol. The van der Waals surface area contributed by atoms with E-state index in [1.165, 1.54) is 12.1 Å². The minimum absolute atomic E-state index is 0.248. The van der Waals surface area contributed by atoms with Gasteiger partial charge in [0.2, 0.25) is 0 Å². The van der Waals surface area contributed by atoms with Gasteiger partial charge in [-0.15, -0.1) is 0 Å². The normalized spacial score (nSPS) is 10.5. The highest BCUT2D eigenvalue weighted by molar-refractivity contribution is 9.10. The Morgan fingerprint density at radius 2 is 1.81 bits per heavy atom. The van der Waals surface area contributed by atoms with Crippen molar-refractivity contribution in [2.45, 2.75) is 13.8 Å². The number of hydrogen-bond acceptors (Lipinski definition) is 2. The molecule has 2 nitrogen and oxygen atoms in total. The van der Waals surface area contributed by atoms with Crippen LogP contribution in [0.5, 0.6) is 0 Å². The zero-order chi connectivity index (χ0) is 11.7. The highest BCUT2D eigenvalue weighted by Crippen LogP contribution is 2.22. The number of aromatic nitrogens is 2. The number of rotatable bonds is 1. The van der Waals surface area contributed by atoms with Crippen molar-refractivity contribution in [1.29, 1.82) is 0 Å². The number of halogens is 2. The molecule has 0 aliphatic carbocycles. The fourth-order valence-electron chi connectivity index (χ4n) is 1.56. The molecule has 0 radical (unpaired) electrons. The summed E-state index contributed by atoms with van der Waals surface area (Å²) >= 11 is 3.30. The first-order chi connectivity index (χ1) is 7.54. The molecule has 0 bridgehead atoms. The molecule has 1 aromatic heterocycles. The van der Waals surface area contributed by atoms with Gasteiger partial charge in [-0.3, -0.25) is 0 Å². The summed E-state index contributed by atoms with van der Waals surface area (Å²) in [5.74, 6) is 0.411. The first-order valence-electron chi connectivity index (χ1n) is 4.83. The van der Waals surface area contributed by atoms with Crippen LogP contribution < -0.4 is 0 Å². The summed E-state index contributed by atoms with van der Waals surface area (Å²) in [5.41, 5.74) is 2.37. The number of benzene rings is 1. The second-order valence-corrected chi connectivity index (χ2v) is 4.45. The molecule has 0 saturated carbocycles. The first kappa shape index (κ1) is 11.2. The Morgan fingerprint density at radius 3 is 2.44 bits per heavy atom.